The molecule has 0 rings (SSSR count). The van der Waals surface area contributed by atoms with Crippen LogP contribution in [-0.4, -0.2) is 100 Å². The minimum Gasteiger partial charge on any atom is -0.481 e. The van der Waals surface area contributed by atoms with Crippen LogP contribution in [0.1, 0.15) is 59.3 Å². The number of carboxylic acid groups (broad SMARTS) is 2. The van der Waals surface area contributed by atoms with Crippen molar-refractivity contribution in [2.45, 2.75) is 89.5 Å². The molecule has 5 atom stereocenters. The summed E-state index contributed by atoms with van der Waals surface area (Å²) in [6, 6.07) is -6.22. The second kappa shape index (κ2) is 22.1. The van der Waals surface area contributed by atoms with E-state index >= 15 is 0 Å². The highest BCUT2D eigenvalue weighted by atomic mass is 32.1. The van der Waals surface area contributed by atoms with Gasteiger partial charge in [-0.05, 0) is 45.1 Å². The van der Waals surface area contributed by atoms with Gasteiger partial charge >= 0.3 is 11.9 Å². The first kappa shape index (κ1) is 43.5. The molecule has 0 saturated heterocycles. The van der Waals surface area contributed by atoms with Crippen LogP contribution in [0.25, 0.3) is 0 Å². The van der Waals surface area contributed by atoms with Gasteiger partial charge in [0.05, 0.1) is 17.4 Å². The molecule has 0 spiro atoms. The maximum Gasteiger partial charge on any atom is 0.325 e. The van der Waals surface area contributed by atoms with Gasteiger partial charge in [-0.2, -0.15) is 12.6 Å². The molecule has 0 fully saturated rings. The van der Waals surface area contributed by atoms with Crippen molar-refractivity contribution in [3.63, 3.8) is 0 Å². The summed E-state index contributed by atoms with van der Waals surface area (Å²) in [5.74, 6) is -8.34. The summed E-state index contributed by atoms with van der Waals surface area (Å²) in [6.07, 6.45) is 0.596. The van der Waals surface area contributed by atoms with E-state index in [4.69, 9.17) is 21.7 Å². The van der Waals surface area contributed by atoms with E-state index in [2.05, 4.69) is 57.7 Å². The third-order valence-electron chi connectivity index (χ3n) is 6.54. The topological polar surface area (TPSA) is 301 Å². The van der Waals surface area contributed by atoms with Gasteiger partial charge in [0.2, 0.25) is 23.6 Å². The van der Waals surface area contributed by atoms with Gasteiger partial charge in [0, 0.05) is 12.2 Å². The van der Waals surface area contributed by atoms with Crippen LogP contribution in [0.5, 0.6) is 0 Å². The van der Waals surface area contributed by atoms with Gasteiger partial charge in [-0.3, -0.25) is 38.4 Å². The number of unbranched alkanes of at least 4 members (excludes halogenated alkanes) is 1. The monoisotopic (exact) mass is 700 g/mol. The molecule has 0 unspecified atom stereocenters. The Morgan fingerprint density at radius 2 is 1.23 bits per heavy atom. The molecule has 12 N–H and O–H groups in total. The molecule has 18 nitrogen and oxygen atoms in total. The van der Waals surface area contributed by atoms with E-state index in [1.165, 1.54) is 6.92 Å². The van der Waals surface area contributed by atoms with Crippen molar-refractivity contribution in [3.05, 3.63) is 24.6 Å². The van der Waals surface area contributed by atoms with Crippen LogP contribution in [-0.2, 0) is 38.4 Å². The average molecular weight is 701 g/mol. The molecule has 0 bridgehead atoms. The number of hydrogen-bond acceptors (Lipinski definition) is 11. The van der Waals surface area contributed by atoms with E-state index in [0.717, 1.165) is 0 Å². The Hall–Kier alpha value is -4.49. The van der Waals surface area contributed by atoms with Gasteiger partial charge in [-0.15, -0.1) is 0 Å². The number of nitrogens with two attached hydrogens (primary N) is 2. The molecule has 0 aromatic heterocycles. The number of thiol groups is 1. The first-order valence-electron chi connectivity index (χ1n) is 15.1. The zero-order chi connectivity index (χ0) is 37.1. The fraction of sp³-hybridized carbons (Fsp3) is 0.586. The van der Waals surface area contributed by atoms with Crippen LogP contribution in [0.15, 0.2) is 24.6 Å². The average Bonchev–Trinajstić information content (AvgIpc) is 3.00. The zero-order valence-corrected chi connectivity index (χ0v) is 28.2. The predicted octanol–water partition coefficient (Wildman–Crippen LogP) is -2.41. The van der Waals surface area contributed by atoms with E-state index in [-0.39, 0.29) is 18.1 Å². The lowest BCUT2D eigenvalue weighted by Gasteiger charge is -2.24. The molecule has 0 radical (unpaired) electrons. The number of carboxylic acids is 2. The van der Waals surface area contributed by atoms with Gasteiger partial charge in [0.15, 0.2) is 0 Å². The van der Waals surface area contributed by atoms with Gasteiger partial charge in [0.25, 0.3) is 11.8 Å². The van der Waals surface area contributed by atoms with Crippen molar-refractivity contribution in [1.29, 1.82) is 0 Å². The second-order valence-corrected chi connectivity index (χ2v) is 11.6. The summed E-state index contributed by atoms with van der Waals surface area (Å²) < 4.78 is 0. The van der Waals surface area contributed by atoms with Crippen molar-refractivity contribution in [2.75, 3.05) is 12.3 Å². The number of carbonyl (C=O) groups excluding carboxylic acids is 6. The SMILES string of the molecule is C=C(NC(=O)[C@@H](N)CCCCN)C(=O)N[C@@H](CCC(=O)O)C(=O)NC(=C)C(=O)N[C@@H](CC(C)C)C(=O)N[C@@H](CS)C(=O)N[C@@H](C)C(=O)O. The fourth-order valence-corrected chi connectivity index (χ4v) is 4.06. The van der Waals surface area contributed by atoms with Gasteiger partial charge < -0.3 is 53.6 Å². The van der Waals surface area contributed by atoms with Gasteiger partial charge in [-0.25, -0.2) is 0 Å². The summed E-state index contributed by atoms with van der Waals surface area (Å²) in [5.41, 5.74) is 10.2. The smallest absolute Gasteiger partial charge is 0.325 e. The fourth-order valence-electron chi connectivity index (χ4n) is 3.80. The minimum atomic E-state index is -1.53. The number of hydrogen-bond donors (Lipinski definition) is 11. The predicted molar refractivity (Wildman–Crippen MR) is 177 cm³/mol. The number of carbonyl (C=O) groups is 8. The standard InChI is InChI=1S/C29H48N8O10S/c1-14(2)12-20(27(44)37-21(13-48)28(45)34-17(5)29(46)47)36-24(41)16(4)33-26(43)19(9-10-22(38)39)35-23(40)15(3)32-25(42)18(31)8-6-7-11-30/h14,17-21,48H,3-4,6-13,30-31H2,1-2,5H3,(H,32,42)(H,33,43)(H,34,45)(H,35,40)(H,36,41)(H,37,44)(H,38,39)(H,46,47)/t17-,18-,19-,20-,21-/m0/s1. The summed E-state index contributed by atoms with van der Waals surface area (Å²) in [4.78, 5) is 98.7. The molecule has 6 amide bonds. The molecule has 0 saturated carbocycles. The first-order valence-corrected chi connectivity index (χ1v) is 15.7. The Bertz CT molecular complexity index is 1230. The molecular weight excluding hydrogens is 652 g/mol. The molecule has 0 aliphatic rings. The van der Waals surface area contributed by atoms with Gasteiger partial charge in [0.1, 0.15) is 24.2 Å². The van der Waals surface area contributed by atoms with Crippen molar-refractivity contribution in [1.82, 2.24) is 31.9 Å². The molecule has 0 heterocycles. The van der Waals surface area contributed by atoms with Crippen LogP contribution in [0, 0.1) is 5.92 Å². The first-order chi connectivity index (χ1) is 22.3. The Labute approximate surface area is 284 Å². The zero-order valence-electron chi connectivity index (χ0n) is 27.3. The number of aliphatic carboxylic acids is 2. The van der Waals surface area contributed by atoms with Crippen molar-refractivity contribution in [3.8, 4) is 0 Å². The van der Waals surface area contributed by atoms with Crippen LogP contribution < -0.4 is 43.4 Å². The molecule has 0 aromatic rings. The maximum absolute atomic E-state index is 13.1. The third kappa shape index (κ3) is 16.9. The molecule has 0 aliphatic carbocycles. The molecule has 270 valence electrons. The Morgan fingerprint density at radius 1 is 0.708 bits per heavy atom. The van der Waals surface area contributed by atoms with E-state index in [1.807, 2.05) is 0 Å². The molecule has 0 aliphatic heterocycles. The second-order valence-electron chi connectivity index (χ2n) is 11.3. The lowest BCUT2D eigenvalue weighted by molar-refractivity contribution is -0.141. The Morgan fingerprint density at radius 3 is 1.71 bits per heavy atom. The summed E-state index contributed by atoms with van der Waals surface area (Å²) >= 11 is 4.03. The normalized spacial score (nSPS) is 13.8. The summed E-state index contributed by atoms with van der Waals surface area (Å²) in [5, 5.41) is 31.8. The number of amides is 6. The number of nitrogens with one attached hydrogen (secondary N) is 6. The highest BCUT2D eigenvalue weighted by Gasteiger charge is 2.30. The third-order valence-corrected chi connectivity index (χ3v) is 6.91. The molecular formula is C29H48N8O10S. The highest BCUT2D eigenvalue weighted by molar-refractivity contribution is 7.80. The van der Waals surface area contributed by atoms with E-state index in [0.29, 0.717) is 25.8 Å². The van der Waals surface area contributed by atoms with E-state index < -0.39 is 102 Å². The van der Waals surface area contributed by atoms with Crippen LogP contribution >= 0.6 is 12.6 Å². The molecule has 48 heavy (non-hydrogen) atoms. The van der Waals surface area contributed by atoms with Crippen molar-refractivity contribution >= 4 is 60.0 Å². The highest BCUT2D eigenvalue weighted by Crippen LogP contribution is 2.08. The van der Waals surface area contributed by atoms with Gasteiger partial charge in [-0.1, -0.05) is 33.4 Å². The maximum atomic E-state index is 13.1. The van der Waals surface area contributed by atoms with Crippen LogP contribution in [0.4, 0.5) is 0 Å². The number of rotatable bonds is 23. The Kier molecular flexibility index (Phi) is 20.1. The molecule has 0 aromatic carbocycles. The van der Waals surface area contributed by atoms with Crippen molar-refractivity contribution < 1.29 is 48.6 Å². The van der Waals surface area contributed by atoms with E-state index in [9.17, 15) is 38.4 Å². The van der Waals surface area contributed by atoms with Crippen LogP contribution in [0.3, 0.4) is 0 Å². The summed E-state index contributed by atoms with van der Waals surface area (Å²) in [6.45, 7) is 12.1. The van der Waals surface area contributed by atoms with E-state index in [1.54, 1.807) is 13.8 Å². The largest absolute Gasteiger partial charge is 0.481 e. The molecule has 19 heteroatoms. The lowest BCUT2D eigenvalue weighted by Crippen LogP contribution is -2.57. The summed E-state index contributed by atoms with van der Waals surface area (Å²) in [7, 11) is 0. The minimum absolute atomic E-state index is 0.0764. The Balaban J connectivity index is 5.58. The lowest BCUT2D eigenvalue weighted by atomic mass is 10.0. The quantitative estimate of drug-likeness (QED) is 0.0302. The van der Waals surface area contributed by atoms with Crippen molar-refractivity contribution in [2.24, 2.45) is 17.4 Å². The van der Waals surface area contributed by atoms with Crippen LogP contribution in [0.2, 0.25) is 0 Å².